The maximum atomic E-state index is 6.13. The molecule has 0 amide bonds. The molecule has 3 rings (SSSR count). The van der Waals surface area contributed by atoms with Gasteiger partial charge in [-0.15, -0.1) is 5.10 Å². The maximum absolute atomic E-state index is 6.13. The summed E-state index contributed by atoms with van der Waals surface area (Å²) in [6, 6.07) is 7.93. The van der Waals surface area contributed by atoms with E-state index >= 15 is 0 Å². The zero-order valence-electron chi connectivity index (χ0n) is 9.34. The summed E-state index contributed by atoms with van der Waals surface area (Å²) in [6.07, 6.45) is 3.93. The standard InChI is InChI=1S/C12H11ClN4/c1-16-7-9(14-15-16)8-17-6-5-10-11(13)3-2-4-12(10)17/h2-7H,8H2,1H3. The summed E-state index contributed by atoms with van der Waals surface area (Å²) < 4.78 is 3.82. The van der Waals surface area contributed by atoms with Crippen molar-refractivity contribution in [3.05, 3.63) is 47.4 Å². The van der Waals surface area contributed by atoms with Gasteiger partial charge >= 0.3 is 0 Å². The molecule has 0 aliphatic rings. The Kier molecular flexibility index (Phi) is 2.37. The third-order valence-electron chi connectivity index (χ3n) is 2.74. The Morgan fingerprint density at radius 3 is 2.94 bits per heavy atom. The van der Waals surface area contributed by atoms with E-state index < -0.39 is 0 Å². The first-order valence-electron chi connectivity index (χ1n) is 5.32. The molecule has 0 radical (unpaired) electrons. The number of nitrogens with zero attached hydrogens (tertiary/aromatic N) is 4. The first kappa shape index (κ1) is 10.4. The molecule has 0 unspecified atom stereocenters. The number of benzene rings is 1. The zero-order chi connectivity index (χ0) is 11.8. The van der Waals surface area contributed by atoms with Crippen LogP contribution in [-0.4, -0.2) is 19.6 Å². The maximum Gasteiger partial charge on any atom is 0.102 e. The van der Waals surface area contributed by atoms with Crippen LogP contribution >= 0.6 is 11.6 Å². The van der Waals surface area contributed by atoms with Gasteiger partial charge in [-0.2, -0.15) is 0 Å². The molecule has 4 nitrogen and oxygen atoms in total. The largest absolute Gasteiger partial charge is 0.341 e. The first-order chi connectivity index (χ1) is 8.24. The molecule has 0 aliphatic carbocycles. The second-order valence-electron chi connectivity index (χ2n) is 4.00. The van der Waals surface area contributed by atoms with Crippen molar-refractivity contribution < 1.29 is 0 Å². The molecule has 0 aliphatic heterocycles. The fourth-order valence-corrected chi connectivity index (χ4v) is 2.20. The Balaban J connectivity index is 2.04. The number of hydrogen-bond donors (Lipinski definition) is 0. The second kappa shape index (κ2) is 3.89. The van der Waals surface area contributed by atoms with E-state index in [1.807, 2.05) is 37.6 Å². The molecule has 0 atom stereocenters. The highest BCUT2D eigenvalue weighted by atomic mass is 35.5. The molecule has 0 saturated heterocycles. The van der Waals surface area contributed by atoms with Crippen LogP contribution < -0.4 is 0 Å². The Hall–Kier alpha value is -1.81. The third-order valence-corrected chi connectivity index (χ3v) is 3.07. The molecule has 1 aromatic carbocycles. The van der Waals surface area contributed by atoms with Gasteiger partial charge in [0, 0.05) is 35.4 Å². The summed E-state index contributed by atoms with van der Waals surface area (Å²) in [7, 11) is 1.86. The van der Waals surface area contributed by atoms with Crippen LogP contribution in [0, 0.1) is 0 Å². The van der Waals surface area contributed by atoms with Gasteiger partial charge in [-0.1, -0.05) is 22.9 Å². The lowest BCUT2D eigenvalue weighted by Crippen LogP contribution is -1.98. The predicted molar refractivity (Wildman–Crippen MR) is 67.1 cm³/mol. The molecule has 0 saturated carbocycles. The predicted octanol–water partition coefficient (Wildman–Crippen LogP) is 2.47. The van der Waals surface area contributed by atoms with Crippen LogP contribution in [0.2, 0.25) is 5.02 Å². The van der Waals surface area contributed by atoms with E-state index in [-0.39, 0.29) is 0 Å². The smallest absolute Gasteiger partial charge is 0.102 e. The van der Waals surface area contributed by atoms with Gasteiger partial charge in [-0.25, -0.2) is 0 Å². The van der Waals surface area contributed by atoms with E-state index in [4.69, 9.17) is 11.6 Å². The number of fused-ring (bicyclic) bond motifs is 1. The fraction of sp³-hybridized carbons (Fsp3) is 0.167. The van der Waals surface area contributed by atoms with Crippen molar-refractivity contribution in [2.75, 3.05) is 0 Å². The normalized spacial score (nSPS) is 11.2. The van der Waals surface area contributed by atoms with Gasteiger partial charge in [0.05, 0.1) is 6.54 Å². The van der Waals surface area contributed by atoms with Gasteiger partial charge in [0.15, 0.2) is 0 Å². The van der Waals surface area contributed by atoms with Crippen LogP contribution in [0.4, 0.5) is 0 Å². The SMILES string of the molecule is Cn1cc(Cn2ccc3c(Cl)cccc32)nn1. The fourth-order valence-electron chi connectivity index (χ4n) is 1.97. The lowest BCUT2D eigenvalue weighted by molar-refractivity contribution is 0.711. The molecule has 0 N–H and O–H groups in total. The average molecular weight is 247 g/mol. The molecular weight excluding hydrogens is 236 g/mol. The quantitative estimate of drug-likeness (QED) is 0.696. The molecule has 86 valence electrons. The molecule has 5 heteroatoms. The molecule has 3 aromatic rings. The highest BCUT2D eigenvalue weighted by Gasteiger charge is 2.06. The molecule has 0 fully saturated rings. The Morgan fingerprint density at radius 2 is 2.18 bits per heavy atom. The number of aromatic nitrogens is 4. The summed E-state index contributed by atoms with van der Waals surface area (Å²) >= 11 is 6.13. The van der Waals surface area contributed by atoms with Crippen molar-refractivity contribution >= 4 is 22.5 Å². The van der Waals surface area contributed by atoms with Crippen molar-refractivity contribution in [3.8, 4) is 0 Å². The lowest BCUT2D eigenvalue weighted by Gasteiger charge is -2.02. The van der Waals surface area contributed by atoms with Gasteiger partial charge in [0.1, 0.15) is 5.69 Å². The van der Waals surface area contributed by atoms with Crippen molar-refractivity contribution in [3.63, 3.8) is 0 Å². The summed E-state index contributed by atoms with van der Waals surface area (Å²) in [5, 5.41) is 9.85. The van der Waals surface area contributed by atoms with Crippen LogP contribution in [0.3, 0.4) is 0 Å². The summed E-state index contributed by atoms with van der Waals surface area (Å²) in [6.45, 7) is 0.706. The summed E-state index contributed by atoms with van der Waals surface area (Å²) in [5.74, 6) is 0. The monoisotopic (exact) mass is 246 g/mol. The molecule has 2 heterocycles. The lowest BCUT2D eigenvalue weighted by atomic mass is 10.2. The molecule has 17 heavy (non-hydrogen) atoms. The van der Waals surface area contributed by atoms with Crippen LogP contribution in [0.15, 0.2) is 36.7 Å². The molecule has 0 bridgehead atoms. The highest BCUT2D eigenvalue weighted by Crippen LogP contribution is 2.24. The van der Waals surface area contributed by atoms with Crippen LogP contribution in [0.1, 0.15) is 5.69 Å². The van der Waals surface area contributed by atoms with E-state index in [0.29, 0.717) is 6.54 Å². The van der Waals surface area contributed by atoms with Crippen LogP contribution in [0.25, 0.3) is 10.9 Å². The van der Waals surface area contributed by atoms with Crippen molar-refractivity contribution in [1.29, 1.82) is 0 Å². The minimum absolute atomic E-state index is 0.706. The minimum atomic E-state index is 0.706. The number of rotatable bonds is 2. The van der Waals surface area contributed by atoms with Crippen molar-refractivity contribution in [2.24, 2.45) is 7.05 Å². The Bertz CT molecular complexity index is 668. The molecular formula is C12H11ClN4. The number of halogens is 1. The van der Waals surface area contributed by atoms with E-state index in [0.717, 1.165) is 21.6 Å². The Labute approximate surface area is 103 Å². The van der Waals surface area contributed by atoms with Crippen molar-refractivity contribution in [2.45, 2.75) is 6.54 Å². The highest BCUT2D eigenvalue weighted by molar-refractivity contribution is 6.35. The van der Waals surface area contributed by atoms with Crippen LogP contribution in [0.5, 0.6) is 0 Å². The Morgan fingerprint density at radius 1 is 1.29 bits per heavy atom. The van der Waals surface area contributed by atoms with E-state index in [1.54, 1.807) is 4.68 Å². The van der Waals surface area contributed by atoms with E-state index in [2.05, 4.69) is 20.9 Å². The summed E-state index contributed by atoms with van der Waals surface area (Å²) in [4.78, 5) is 0. The van der Waals surface area contributed by atoms with E-state index in [9.17, 15) is 0 Å². The average Bonchev–Trinajstić information content (AvgIpc) is 2.88. The van der Waals surface area contributed by atoms with Crippen molar-refractivity contribution in [1.82, 2.24) is 19.6 Å². The van der Waals surface area contributed by atoms with Gasteiger partial charge in [0.25, 0.3) is 0 Å². The number of aryl methyl sites for hydroxylation is 1. The topological polar surface area (TPSA) is 35.6 Å². The van der Waals surface area contributed by atoms with E-state index in [1.165, 1.54) is 0 Å². The van der Waals surface area contributed by atoms with Crippen LogP contribution in [-0.2, 0) is 13.6 Å². The van der Waals surface area contributed by atoms with Gasteiger partial charge in [-0.05, 0) is 18.2 Å². The molecule has 2 aromatic heterocycles. The third kappa shape index (κ3) is 1.80. The summed E-state index contributed by atoms with van der Waals surface area (Å²) in [5.41, 5.74) is 2.05. The number of hydrogen-bond acceptors (Lipinski definition) is 2. The van der Waals surface area contributed by atoms with Gasteiger partial charge in [-0.3, -0.25) is 4.68 Å². The molecule has 0 spiro atoms. The first-order valence-corrected chi connectivity index (χ1v) is 5.70. The minimum Gasteiger partial charge on any atom is -0.341 e. The zero-order valence-corrected chi connectivity index (χ0v) is 10.1. The van der Waals surface area contributed by atoms with Gasteiger partial charge < -0.3 is 4.57 Å². The second-order valence-corrected chi connectivity index (χ2v) is 4.41. The van der Waals surface area contributed by atoms with Gasteiger partial charge in [0.2, 0.25) is 0 Å².